The lowest BCUT2D eigenvalue weighted by Gasteiger charge is -2.10. The Labute approximate surface area is 142 Å². The van der Waals surface area contributed by atoms with Crippen molar-refractivity contribution in [3.8, 4) is 17.2 Å². The summed E-state index contributed by atoms with van der Waals surface area (Å²) in [7, 11) is 1.58. The summed E-state index contributed by atoms with van der Waals surface area (Å²) in [6.45, 7) is 3.06. The maximum Gasteiger partial charge on any atom is 0.224 e. The molecule has 24 heavy (non-hydrogen) atoms. The maximum atomic E-state index is 12.0. The van der Waals surface area contributed by atoms with Crippen LogP contribution in [0.4, 0.5) is 5.69 Å². The fraction of sp³-hybridized carbons (Fsp3) is 0.316. The highest BCUT2D eigenvalue weighted by Gasteiger charge is 2.06. The van der Waals surface area contributed by atoms with Crippen LogP contribution in [0.2, 0.25) is 0 Å². The molecule has 0 bridgehead atoms. The number of amides is 1. The van der Waals surface area contributed by atoms with Crippen LogP contribution < -0.4 is 19.5 Å². The minimum absolute atomic E-state index is 0.0604. The molecule has 2 aromatic rings. The van der Waals surface area contributed by atoms with Gasteiger partial charge in [0.25, 0.3) is 0 Å². The second-order valence-electron chi connectivity index (χ2n) is 5.10. The number of anilines is 1. The van der Waals surface area contributed by atoms with E-state index in [0.717, 1.165) is 11.5 Å². The van der Waals surface area contributed by atoms with Gasteiger partial charge in [-0.2, -0.15) is 0 Å². The van der Waals surface area contributed by atoms with Crippen molar-refractivity contribution in [3.05, 3.63) is 48.5 Å². The van der Waals surface area contributed by atoms with E-state index in [9.17, 15) is 4.79 Å². The molecule has 2 rings (SSSR count). The van der Waals surface area contributed by atoms with E-state index in [1.54, 1.807) is 7.11 Å². The average molecular weight is 329 g/mol. The van der Waals surface area contributed by atoms with Crippen LogP contribution in [0.15, 0.2) is 48.5 Å². The van der Waals surface area contributed by atoms with E-state index < -0.39 is 0 Å². The van der Waals surface area contributed by atoms with Gasteiger partial charge in [0.1, 0.15) is 17.2 Å². The van der Waals surface area contributed by atoms with Crippen LogP contribution in [0.25, 0.3) is 0 Å². The van der Waals surface area contributed by atoms with E-state index >= 15 is 0 Å². The molecule has 0 aliphatic heterocycles. The monoisotopic (exact) mass is 329 g/mol. The highest BCUT2D eigenvalue weighted by molar-refractivity contribution is 5.92. The van der Waals surface area contributed by atoms with Crippen molar-refractivity contribution in [1.82, 2.24) is 0 Å². The van der Waals surface area contributed by atoms with Crippen LogP contribution in [0.3, 0.4) is 0 Å². The van der Waals surface area contributed by atoms with Crippen molar-refractivity contribution >= 4 is 11.6 Å². The first-order valence-corrected chi connectivity index (χ1v) is 8.01. The average Bonchev–Trinajstić information content (AvgIpc) is 2.61. The van der Waals surface area contributed by atoms with Crippen molar-refractivity contribution in [2.45, 2.75) is 19.8 Å². The molecule has 0 aromatic heterocycles. The highest BCUT2D eigenvalue weighted by Crippen LogP contribution is 2.23. The quantitative estimate of drug-likeness (QED) is 0.709. The summed E-state index contributed by atoms with van der Waals surface area (Å²) >= 11 is 0. The van der Waals surface area contributed by atoms with Crippen LogP contribution in [0.5, 0.6) is 17.2 Å². The molecule has 0 fully saturated rings. The number of para-hydroxylation sites is 2. The SMILES string of the molecule is CCOc1ccc(OCCCC(=O)Nc2ccccc2OC)cc1. The molecule has 2 aromatic carbocycles. The molecule has 128 valence electrons. The second-order valence-corrected chi connectivity index (χ2v) is 5.10. The predicted molar refractivity (Wildman–Crippen MR) is 94.0 cm³/mol. The molecule has 5 nitrogen and oxygen atoms in total. The number of rotatable bonds is 9. The summed E-state index contributed by atoms with van der Waals surface area (Å²) in [4.78, 5) is 12.0. The lowest BCUT2D eigenvalue weighted by molar-refractivity contribution is -0.116. The standard InChI is InChI=1S/C19H23NO4/c1-3-23-15-10-12-16(13-11-15)24-14-6-9-19(21)20-17-7-4-5-8-18(17)22-2/h4-5,7-8,10-13H,3,6,9,14H2,1-2H3,(H,20,21). The first-order valence-electron chi connectivity index (χ1n) is 8.01. The van der Waals surface area contributed by atoms with Crippen LogP contribution in [0.1, 0.15) is 19.8 Å². The molecule has 0 heterocycles. The molecule has 0 radical (unpaired) electrons. The van der Waals surface area contributed by atoms with Crippen molar-refractivity contribution in [1.29, 1.82) is 0 Å². The summed E-state index contributed by atoms with van der Waals surface area (Å²) in [5, 5.41) is 2.85. The molecular weight excluding hydrogens is 306 g/mol. The Hall–Kier alpha value is -2.69. The van der Waals surface area contributed by atoms with Crippen molar-refractivity contribution in [2.24, 2.45) is 0 Å². The van der Waals surface area contributed by atoms with Gasteiger partial charge in [-0.3, -0.25) is 4.79 Å². The third-order valence-corrected chi connectivity index (χ3v) is 3.33. The molecule has 5 heteroatoms. The molecule has 0 aliphatic rings. The van der Waals surface area contributed by atoms with Crippen LogP contribution in [-0.2, 0) is 4.79 Å². The number of benzene rings is 2. The summed E-state index contributed by atoms with van der Waals surface area (Å²) in [6.07, 6.45) is 1.02. The lowest BCUT2D eigenvalue weighted by atomic mass is 10.2. The Morgan fingerprint density at radius 1 is 1.00 bits per heavy atom. The zero-order valence-corrected chi connectivity index (χ0v) is 14.1. The molecule has 1 amide bonds. The maximum absolute atomic E-state index is 12.0. The van der Waals surface area contributed by atoms with Gasteiger partial charge in [-0.25, -0.2) is 0 Å². The molecule has 0 unspecified atom stereocenters. The van der Waals surface area contributed by atoms with Gasteiger partial charge in [-0.05, 0) is 49.7 Å². The van der Waals surface area contributed by atoms with Gasteiger partial charge in [0, 0.05) is 6.42 Å². The number of hydrogen-bond acceptors (Lipinski definition) is 4. The number of ether oxygens (including phenoxy) is 3. The van der Waals surface area contributed by atoms with E-state index in [-0.39, 0.29) is 5.91 Å². The van der Waals surface area contributed by atoms with E-state index in [4.69, 9.17) is 14.2 Å². The Morgan fingerprint density at radius 2 is 1.67 bits per heavy atom. The Bertz CT molecular complexity index is 640. The number of carbonyl (C=O) groups is 1. The molecule has 0 saturated carbocycles. The highest BCUT2D eigenvalue weighted by atomic mass is 16.5. The minimum atomic E-state index is -0.0604. The van der Waals surface area contributed by atoms with Gasteiger partial charge < -0.3 is 19.5 Å². The van der Waals surface area contributed by atoms with Gasteiger partial charge in [-0.15, -0.1) is 0 Å². The van der Waals surface area contributed by atoms with Gasteiger partial charge in [0.2, 0.25) is 5.91 Å². The van der Waals surface area contributed by atoms with E-state index in [1.165, 1.54) is 0 Å². The van der Waals surface area contributed by atoms with Crippen molar-refractivity contribution < 1.29 is 19.0 Å². The zero-order valence-electron chi connectivity index (χ0n) is 14.1. The molecular formula is C19H23NO4. The Balaban J connectivity index is 1.71. The van der Waals surface area contributed by atoms with E-state index in [1.807, 2.05) is 55.5 Å². The molecule has 0 aliphatic carbocycles. The number of carbonyl (C=O) groups excluding carboxylic acids is 1. The Morgan fingerprint density at radius 3 is 2.33 bits per heavy atom. The number of methoxy groups -OCH3 is 1. The normalized spacial score (nSPS) is 10.1. The summed E-state index contributed by atoms with van der Waals surface area (Å²) < 4.78 is 16.2. The minimum Gasteiger partial charge on any atom is -0.495 e. The summed E-state index contributed by atoms with van der Waals surface area (Å²) in [6, 6.07) is 14.8. The van der Waals surface area contributed by atoms with Crippen LogP contribution in [0, 0.1) is 0 Å². The molecule has 0 spiro atoms. The topological polar surface area (TPSA) is 56.8 Å². The summed E-state index contributed by atoms with van der Waals surface area (Å²) in [5.74, 6) is 2.18. The fourth-order valence-electron chi connectivity index (χ4n) is 2.18. The Kier molecular flexibility index (Phi) is 6.95. The van der Waals surface area contributed by atoms with Gasteiger partial charge >= 0.3 is 0 Å². The molecule has 0 saturated heterocycles. The number of nitrogens with one attached hydrogen (secondary N) is 1. The van der Waals surface area contributed by atoms with Crippen LogP contribution in [-0.4, -0.2) is 26.2 Å². The third-order valence-electron chi connectivity index (χ3n) is 3.33. The molecule has 1 N–H and O–H groups in total. The van der Waals surface area contributed by atoms with Gasteiger partial charge in [0.15, 0.2) is 0 Å². The third kappa shape index (κ3) is 5.50. The second kappa shape index (κ2) is 9.45. The van der Waals surface area contributed by atoms with Crippen molar-refractivity contribution in [2.75, 3.05) is 25.6 Å². The lowest BCUT2D eigenvalue weighted by Crippen LogP contribution is -2.13. The molecule has 0 atom stereocenters. The summed E-state index contributed by atoms with van der Waals surface area (Å²) in [5.41, 5.74) is 0.678. The van der Waals surface area contributed by atoms with Gasteiger partial charge in [-0.1, -0.05) is 12.1 Å². The van der Waals surface area contributed by atoms with Gasteiger partial charge in [0.05, 0.1) is 26.0 Å². The fourth-order valence-corrected chi connectivity index (χ4v) is 2.18. The number of hydrogen-bond donors (Lipinski definition) is 1. The zero-order chi connectivity index (χ0) is 17.2. The van der Waals surface area contributed by atoms with E-state index in [0.29, 0.717) is 37.5 Å². The van der Waals surface area contributed by atoms with E-state index in [2.05, 4.69) is 5.32 Å². The largest absolute Gasteiger partial charge is 0.495 e. The predicted octanol–water partition coefficient (Wildman–Crippen LogP) is 3.89. The van der Waals surface area contributed by atoms with Crippen LogP contribution >= 0.6 is 0 Å². The first kappa shape index (κ1) is 17.7. The van der Waals surface area contributed by atoms with Crippen molar-refractivity contribution in [3.63, 3.8) is 0 Å². The smallest absolute Gasteiger partial charge is 0.224 e. The first-order chi connectivity index (χ1) is 11.7.